The van der Waals surface area contributed by atoms with Gasteiger partial charge in [-0.2, -0.15) is 0 Å². The quantitative estimate of drug-likeness (QED) is 0.907. The van der Waals surface area contributed by atoms with Gasteiger partial charge in [0.1, 0.15) is 5.75 Å². The van der Waals surface area contributed by atoms with Crippen molar-refractivity contribution < 1.29 is 9.53 Å². The molecule has 106 valence electrons. The summed E-state index contributed by atoms with van der Waals surface area (Å²) in [5.41, 5.74) is 10.6. The molecule has 3 rings (SSSR count). The summed E-state index contributed by atoms with van der Waals surface area (Å²) in [5, 5.41) is 2.62. The second kappa shape index (κ2) is 5.32. The van der Waals surface area contributed by atoms with Gasteiger partial charge in [0.05, 0.1) is 7.11 Å². The van der Waals surface area contributed by atoms with Crippen molar-refractivity contribution in [2.75, 3.05) is 12.4 Å². The van der Waals surface area contributed by atoms with E-state index in [0.29, 0.717) is 5.69 Å². The standard InChI is InChI=1S/C17H16N2O2/c1-21-14-7-3-11(4-8-14)15-9-5-12-2-6-13(10-16(12)15)19-17(18)20/h2-4,6-10H,5H2,1H3,(H3,18,19,20). The van der Waals surface area contributed by atoms with Gasteiger partial charge >= 0.3 is 6.03 Å². The van der Waals surface area contributed by atoms with E-state index in [9.17, 15) is 4.79 Å². The molecule has 0 fully saturated rings. The number of allylic oxidation sites excluding steroid dienone is 1. The number of carbonyl (C=O) groups is 1. The number of methoxy groups -OCH3 is 1. The number of carbonyl (C=O) groups excluding carboxylic acids is 1. The number of hydrogen-bond acceptors (Lipinski definition) is 2. The van der Waals surface area contributed by atoms with E-state index in [4.69, 9.17) is 10.5 Å². The second-order valence-electron chi connectivity index (χ2n) is 4.91. The van der Waals surface area contributed by atoms with Crippen LogP contribution in [0.4, 0.5) is 10.5 Å². The summed E-state index contributed by atoms with van der Waals surface area (Å²) >= 11 is 0. The lowest BCUT2D eigenvalue weighted by molar-refractivity contribution is 0.259. The van der Waals surface area contributed by atoms with Crippen LogP contribution in [0.5, 0.6) is 5.75 Å². The molecule has 0 unspecified atom stereocenters. The zero-order valence-electron chi connectivity index (χ0n) is 11.7. The Kier molecular flexibility index (Phi) is 3.36. The lowest BCUT2D eigenvalue weighted by atomic mass is 9.98. The number of anilines is 1. The van der Waals surface area contributed by atoms with Gasteiger partial charge in [-0.25, -0.2) is 4.79 Å². The molecular formula is C17H16N2O2. The van der Waals surface area contributed by atoms with Gasteiger partial charge < -0.3 is 15.8 Å². The van der Waals surface area contributed by atoms with Crippen LogP contribution in [0.2, 0.25) is 0 Å². The fourth-order valence-corrected chi connectivity index (χ4v) is 2.59. The van der Waals surface area contributed by atoms with Crippen LogP contribution in [-0.4, -0.2) is 13.1 Å². The molecule has 0 saturated carbocycles. The third-order valence-electron chi connectivity index (χ3n) is 3.59. The summed E-state index contributed by atoms with van der Waals surface area (Å²) in [6.07, 6.45) is 3.09. The predicted molar refractivity (Wildman–Crippen MR) is 83.4 cm³/mol. The Hall–Kier alpha value is -2.75. The molecule has 0 heterocycles. The maximum Gasteiger partial charge on any atom is 0.316 e. The average Bonchev–Trinajstić information content (AvgIpc) is 2.90. The number of urea groups is 1. The molecule has 21 heavy (non-hydrogen) atoms. The third-order valence-corrected chi connectivity index (χ3v) is 3.59. The Morgan fingerprint density at radius 1 is 1.19 bits per heavy atom. The molecule has 0 spiro atoms. The van der Waals surface area contributed by atoms with Crippen molar-refractivity contribution in [1.29, 1.82) is 0 Å². The lowest BCUT2D eigenvalue weighted by Crippen LogP contribution is -2.19. The van der Waals surface area contributed by atoms with E-state index in [0.717, 1.165) is 23.3 Å². The molecular weight excluding hydrogens is 264 g/mol. The van der Waals surface area contributed by atoms with E-state index in [-0.39, 0.29) is 0 Å². The molecule has 0 atom stereocenters. The second-order valence-corrected chi connectivity index (χ2v) is 4.91. The molecule has 0 bridgehead atoms. The summed E-state index contributed by atoms with van der Waals surface area (Å²) in [6, 6.07) is 13.3. The first-order chi connectivity index (χ1) is 10.2. The Morgan fingerprint density at radius 3 is 2.62 bits per heavy atom. The van der Waals surface area contributed by atoms with Crippen molar-refractivity contribution >= 4 is 17.3 Å². The number of nitrogens with two attached hydrogens (primary N) is 1. The van der Waals surface area contributed by atoms with E-state index < -0.39 is 6.03 Å². The Labute approximate surface area is 123 Å². The van der Waals surface area contributed by atoms with Gasteiger partial charge in [-0.05, 0) is 52.9 Å². The van der Waals surface area contributed by atoms with Crippen LogP contribution in [0.1, 0.15) is 16.7 Å². The number of fused-ring (bicyclic) bond motifs is 1. The number of hydrogen-bond donors (Lipinski definition) is 2. The average molecular weight is 280 g/mol. The van der Waals surface area contributed by atoms with Gasteiger partial charge in [-0.15, -0.1) is 0 Å². The number of rotatable bonds is 3. The van der Waals surface area contributed by atoms with Gasteiger partial charge in [0.2, 0.25) is 0 Å². The fourth-order valence-electron chi connectivity index (χ4n) is 2.59. The number of primary amides is 1. The summed E-state index contributed by atoms with van der Waals surface area (Å²) in [5.74, 6) is 0.835. The summed E-state index contributed by atoms with van der Waals surface area (Å²) in [6.45, 7) is 0. The molecule has 4 nitrogen and oxygen atoms in total. The van der Waals surface area contributed by atoms with Crippen LogP contribution < -0.4 is 15.8 Å². The molecule has 2 aromatic rings. The van der Waals surface area contributed by atoms with E-state index in [1.807, 2.05) is 42.5 Å². The van der Waals surface area contributed by atoms with Crippen molar-refractivity contribution in [2.45, 2.75) is 6.42 Å². The Morgan fingerprint density at radius 2 is 1.95 bits per heavy atom. The first kappa shape index (κ1) is 13.2. The van der Waals surface area contributed by atoms with Gasteiger partial charge in [-0.3, -0.25) is 0 Å². The van der Waals surface area contributed by atoms with Gasteiger partial charge in [0.15, 0.2) is 0 Å². The van der Waals surface area contributed by atoms with Gasteiger partial charge in [0, 0.05) is 5.69 Å². The SMILES string of the molecule is COc1ccc(C2=CCc3ccc(NC(N)=O)cc32)cc1. The number of amides is 2. The van der Waals surface area contributed by atoms with Crippen molar-refractivity contribution in [1.82, 2.24) is 0 Å². The smallest absolute Gasteiger partial charge is 0.316 e. The van der Waals surface area contributed by atoms with E-state index >= 15 is 0 Å². The highest BCUT2D eigenvalue weighted by molar-refractivity contribution is 5.91. The molecule has 1 aliphatic rings. The van der Waals surface area contributed by atoms with Crippen molar-refractivity contribution in [3.05, 3.63) is 65.2 Å². The van der Waals surface area contributed by atoms with Gasteiger partial charge in [-0.1, -0.05) is 24.3 Å². The topological polar surface area (TPSA) is 64.3 Å². The maximum atomic E-state index is 11.0. The number of nitrogens with one attached hydrogen (secondary N) is 1. The van der Waals surface area contributed by atoms with Gasteiger partial charge in [0.25, 0.3) is 0 Å². The number of benzene rings is 2. The van der Waals surface area contributed by atoms with Crippen LogP contribution >= 0.6 is 0 Å². The first-order valence-electron chi connectivity index (χ1n) is 6.72. The van der Waals surface area contributed by atoms with Crippen LogP contribution in [-0.2, 0) is 6.42 Å². The minimum Gasteiger partial charge on any atom is -0.497 e. The van der Waals surface area contributed by atoms with Crippen molar-refractivity contribution in [3.8, 4) is 5.75 Å². The highest BCUT2D eigenvalue weighted by atomic mass is 16.5. The van der Waals surface area contributed by atoms with Crippen LogP contribution in [0.25, 0.3) is 5.57 Å². The Bertz CT molecular complexity index is 718. The summed E-state index contributed by atoms with van der Waals surface area (Å²) in [4.78, 5) is 11.0. The zero-order valence-corrected chi connectivity index (χ0v) is 11.7. The summed E-state index contributed by atoms with van der Waals surface area (Å²) in [7, 11) is 1.65. The van der Waals surface area contributed by atoms with Crippen LogP contribution in [0.3, 0.4) is 0 Å². The van der Waals surface area contributed by atoms with E-state index in [2.05, 4.69) is 11.4 Å². The van der Waals surface area contributed by atoms with Crippen molar-refractivity contribution in [3.63, 3.8) is 0 Å². The molecule has 4 heteroatoms. The minimum atomic E-state index is -0.553. The third kappa shape index (κ3) is 2.60. The molecule has 0 aliphatic heterocycles. The van der Waals surface area contributed by atoms with Crippen LogP contribution in [0, 0.1) is 0 Å². The summed E-state index contributed by atoms with van der Waals surface area (Å²) < 4.78 is 5.18. The predicted octanol–water partition coefficient (Wildman–Crippen LogP) is 3.17. The van der Waals surface area contributed by atoms with Crippen molar-refractivity contribution in [2.24, 2.45) is 5.73 Å². The lowest BCUT2D eigenvalue weighted by Gasteiger charge is -2.10. The first-order valence-corrected chi connectivity index (χ1v) is 6.72. The molecule has 2 aromatic carbocycles. The monoisotopic (exact) mass is 280 g/mol. The molecule has 3 N–H and O–H groups in total. The minimum absolute atomic E-state index is 0.553. The highest BCUT2D eigenvalue weighted by Gasteiger charge is 2.16. The molecule has 0 aromatic heterocycles. The molecule has 1 aliphatic carbocycles. The van der Waals surface area contributed by atoms with Crippen LogP contribution in [0.15, 0.2) is 48.5 Å². The Balaban J connectivity index is 1.95. The highest BCUT2D eigenvalue weighted by Crippen LogP contribution is 2.35. The number of ether oxygens (including phenoxy) is 1. The van der Waals surface area contributed by atoms with E-state index in [1.165, 1.54) is 11.1 Å². The normalized spacial score (nSPS) is 12.5. The largest absolute Gasteiger partial charge is 0.497 e. The molecule has 0 saturated heterocycles. The van der Waals surface area contributed by atoms with E-state index in [1.54, 1.807) is 7.11 Å². The fraction of sp³-hybridized carbons (Fsp3) is 0.118. The zero-order chi connectivity index (χ0) is 14.8. The molecule has 0 radical (unpaired) electrons. The molecule has 2 amide bonds. The maximum absolute atomic E-state index is 11.0.